The van der Waals surface area contributed by atoms with E-state index in [2.05, 4.69) is 11.9 Å². The number of hydrogen-bond acceptors (Lipinski definition) is 3. The maximum atomic E-state index is 5.33. The fourth-order valence-corrected chi connectivity index (χ4v) is 1.65. The van der Waals surface area contributed by atoms with E-state index in [1.807, 2.05) is 0 Å². The molecule has 11 heavy (non-hydrogen) atoms. The van der Waals surface area contributed by atoms with Gasteiger partial charge in [0.2, 0.25) is 0 Å². The highest BCUT2D eigenvalue weighted by Gasteiger charge is 2.31. The molecule has 0 aromatic heterocycles. The predicted octanol–water partition coefficient (Wildman–Crippen LogP) is 0.352. The summed E-state index contributed by atoms with van der Waals surface area (Å²) in [4.78, 5) is 2.29. The second-order valence-corrected chi connectivity index (χ2v) is 3.07. The summed E-state index contributed by atoms with van der Waals surface area (Å²) in [6.07, 6.45) is 1.49. The molecular formula is C8H17NO2. The zero-order valence-corrected chi connectivity index (χ0v) is 7.54. The summed E-state index contributed by atoms with van der Waals surface area (Å²) >= 11 is 0. The molecule has 66 valence electrons. The van der Waals surface area contributed by atoms with E-state index in [0.29, 0.717) is 12.1 Å². The van der Waals surface area contributed by atoms with E-state index < -0.39 is 0 Å². The van der Waals surface area contributed by atoms with Gasteiger partial charge in [-0.25, -0.2) is 0 Å². The summed E-state index contributed by atoms with van der Waals surface area (Å²) in [5.41, 5.74) is 0. The molecule has 0 bridgehead atoms. The van der Waals surface area contributed by atoms with Gasteiger partial charge in [-0.2, -0.15) is 0 Å². The molecule has 0 saturated carbocycles. The van der Waals surface area contributed by atoms with Gasteiger partial charge in [0, 0.05) is 20.8 Å². The number of ether oxygens (including phenoxy) is 2. The molecule has 0 N–H and O–H groups in total. The van der Waals surface area contributed by atoms with Gasteiger partial charge in [-0.1, -0.05) is 0 Å². The van der Waals surface area contributed by atoms with Crippen molar-refractivity contribution in [1.29, 1.82) is 0 Å². The van der Waals surface area contributed by atoms with E-state index in [-0.39, 0.29) is 0 Å². The fourth-order valence-electron chi connectivity index (χ4n) is 1.65. The second kappa shape index (κ2) is 4.04. The Balaban J connectivity index is 2.42. The molecule has 1 aliphatic rings. The molecule has 1 fully saturated rings. The first-order valence-corrected chi connectivity index (χ1v) is 4.01. The zero-order chi connectivity index (χ0) is 8.27. The fraction of sp³-hybridized carbons (Fsp3) is 1.00. The Bertz CT molecular complexity index is 119. The van der Waals surface area contributed by atoms with E-state index in [0.717, 1.165) is 19.6 Å². The molecule has 3 nitrogen and oxygen atoms in total. The summed E-state index contributed by atoms with van der Waals surface area (Å²) in [6, 6.07) is 0.449. The maximum absolute atomic E-state index is 5.33. The summed E-state index contributed by atoms with van der Waals surface area (Å²) < 4.78 is 10.4. The van der Waals surface area contributed by atoms with Gasteiger partial charge in [0.1, 0.15) is 0 Å². The first kappa shape index (κ1) is 8.97. The molecule has 0 aromatic rings. The van der Waals surface area contributed by atoms with Gasteiger partial charge < -0.3 is 9.47 Å². The Hall–Kier alpha value is -0.120. The van der Waals surface area contributed by atoms with E-state index in [9.17, 15) is 0 Å². The number of rotatable bonds is 3. The lowest BCUT2D eigenvalue weighted by atomic mass is 10.2. The van der Waals surface area contributed by atoms with Crippen LogP contribution < -0.4 is 0 Å². The lowest BCUT2D eigenvalue weighted by molar-refractivity contribution is 0.0310. The molecule has 0 unspecified atom stereocenters. The number of likely N-dealkylation sites (tertiary alicyclic amines) is 1. The number of likely N-dealkylation sites (N-methyl/N-ethyl adjacent to an activating group) is 1. The van der Waals surface area contributed by atoms with Crippen molar-refractivity contribution in [2.75, 3.05) is 34.4 Å². The van der Waals surface area contributed by atoms with Gasteiger partial charge in [-0.15, -0.1) is 0 Å². The van der Waals surface area contributed by atoms with Crippen LogP contribution in [0, 0.1) is 0 Å². The molecule has 3 heteroatoms. The largest absolute Gasteiger partial charge is 0.383 e. The Morgan fingerprint density at radius 3 is 2.73 bits per heavy atom. The minimum Gasteiger partial charge on any atom is -0.383 e. The van der Waals surface area contributed by atoms with Crippen LogP contribution in [-0.2, 0) is 9.47 Å². The maximum Gasteiger partial charge on any atom is 0.0761 e. The van der Waals surface area contributed by atoms with E-state index in [1.165, 1.54) is 0 Å². The molecular weight excluding hydrogens is 142 g/mol. The summed E-state index contributed by atoms with van der Waals surface area (Å²) in [5, 5.41) is 0. The SMILES string of the molecule is COC[C@H]1[C@@H](OC)CCN1C. The minimum absolute atomic E-state index is 0.361. The first-order valence-electron chi connectivity index (χ1n) is 4.01. The molecule has 0 spiro atoms. The lowest BCUT2D eigenvalue weighted by Gasteiger charge is -2.22. The Kier molecular flexibility index (Phi) is 3.30. The zero-order valence-electron chi connectivity index (χ0n) is 7.54. The van der Waals surface area contributed by atoms with Gasteiger partial charge >= 0.3 is 0 Å². The van der Waals surface area contributed by atoms with Gasteiger partial charge in [-0.3, -0.25) is 4.90 Å². The highest BCUT2D eigenvalue weighted by atomic mass is 16.5. The standard InChI is InChI=1S/C8H17NO2/c1-9-5-4-8(11-3)7(9)6-10-2/h7-8H,4-6H2,1-3H3/t7-,8-/m0/s1. The average molecular weight is 159 g/mol. The molecule has 0 aliphatic carbocycles. The van der Waals surface area contributed by atoms with Crippen molar-refractivity contribution in [3.8, 4) is 0 Å². The van der Waals surface area contributed by atoms with Crippen molar-refractivity contribution in [1.82, 2.24) is 4.90 Å². The number of methoxy groups -OCH3 is 2. The molecule has 1 aliphatic heterocycles. The third kappa shape index (κ3) is 1.92. The van der Waals surface area contributed by atoms with E-state index in [1.54, 1.807) is 14.2 Å². The van der Waals surface area contributed by atoms with Crippen molar-refractivity contribution < 1.29 is 9.47 Å². The van der Waals surface area contributed by atoms with Gasteiger partial charge in [0.05, 0.1) is 18.8 Å². The Morgan fingerprint density at radius 2 is 2.18 bits per heavy atom. The van der Waals surface area contributed by atoms with Crippen molar-refractivity contribution in [2.45, 2.75) is 18.6 Å². The summed E-state index contributed by atoms with van der Waals surface area (Å²) in [6.45, 7) is 1.89. The molecule has 1 saturated heterocycles. The molecule has 1 heterocycles. The van der Waals surface area contributed by atoms with E-state index >= 15 is 0 Å². The first-order chi connectivity index (χ1) is 5.29. The average Bonchev–Trinajstić information content (AvgIpc) is 2.34. The number of nitrogens with zero attached hydrogens (tertiary/aromatic N) is 1. The normalized spacial score (nSPS) is 33.0. The Morgan fingerprint density at radius 1 is 1.45 bits per heavy atom. The van der Waals surface area contributed by atoms with Crippen LogP contribution in [0.4, 0.5) is 0 Å². The van der Waals surface area contributed by atoms with Crippen LogP contribution in [0.25, 0.3) is 0 Å². The third-order valence-electron chi connectivity index (χ3n) is 2.40. The van der Waals surface area contributed by atoms with Gasteiger partial charge in [0.25, 0.3) is 0 Å². The highest BCUT2D eigenvalue weighted by molar-refractivity contribution is 4.85. The smallest absolute Gasteiger partial charge is 0.0761 e. The van der Waals surface area contributed by atoms with Crippen LogP contribution >= 0.6 is 0 Å². The molecule has 0 amide bonds. The van der Waals surface area contributed by atoms with E-state index in [4.69, 9.17) is 9.47 Å². The second-order valence-electron chi connectivity index (χ2n) is 3.07. The third-order valence-corrected chi connectivity index (χ3v) is 2.40. The predicted molar refractivity (Wildman–Crippen MR) is 43.7 cm³/mol. The van der Waals surface area contributed by atoms with Crippen LogP contribution in [-0.4, -0.2) is 51.5 Å². The summed E-state index contributed by atoms with van der Waals surface area (Å²) in [7, 11) is 5.62. The van der Waals surface area contributed by atoms with Crippen molar-refractivity contribution >= 4 is 0 Å². The Labute approximate surface area is 68.3 Å². The molecule has 0 radical (unpaired) electrons. The van der Waals surface area contributed by atoms with Crippen molar-refractivity contribution in [3.63, 3.8) is 0 Å². The monoisotopic (exact) mass is 159 g/mol. The van der Waals surface area contributed by atoms with Crippen LogP contribution in [0.5, 0.6) is 0 Å². The molecule has 1 rings (SSSR count). The number of hydrogen-bond donors (Lipinski definition) is 0. The minimum atomic E-state index is 0.361. The summed E-state index contributed by atoms with van der Waals surface area (Å²) in [5.74, 6) is 0. The lowest BCUT2D eigenvalue weighted by Crippen LogP contribution is -2.37. The van der Waals surface area contributed by atoms with Crippen molar-refractivity contribution in [3.05, 3.63) is 0 Å². The van der Waals surface area contributed by atoms with Crippen LogP contribution in [0.15, 0.2) is 0 Å². The van der Waals surface area contributed by atoms with Gasteiger partial charge in [-0.05, 0) is 13.5 Å². The van der Waals surface area contributed by atoms with Crippen LogP contribution in [0.1, 0.15) is 6.42 Å². The van der Waals surface area contributed by atoms with Crippen LogP contribution in [0.2, 0.25) is 0 Å². The quantitative estimate of drug-likeness (QED) is 0.593. The van der Waals surface area contributed by atoms with Crippen molar-refractivity contribution in [2.24, 2.45) is 0 Å². The topological polar surface area (TPSA) is 21.7 Å². The van der Waals surface area contributed by atoms with Gasteiger partial charge in [0.15, 0.2) is 0 Å². The molecule has 0 aromatic carbocycles. The van der Waals surface area contributed by atoms with Crippen LogP contribution in [0.3, 0.4) is 0 Å². The highest BCUT2D eigenvalue weighted by Crippen LogP contribution is 2.18. The molecule has 2 atom stereocenters.